The van der Waals surface area contributed by atoms with Gasteiger partial charge in [-0.05, 0) is 60.5 Å². The number of allylic oxidation sites excluding steroid dienone is 1. The number of halogens is 1. The third-order valence-corrected chi connectivity index (χ3v) is 4.30. The summed E-state index contributed by atoms with van der Waals surface area (Å²) in [6.07, 6.45) is 4.09. The summed E-state index contributed by atoms with van der Waals surface area (Å²) in [5, 5.41) is 0. The fraction of sp³-hybridized carbons (Fsp3) is 0.118. The largest absolute Gasteiger partial charge is 0.289 e. The molecule has 0 spiro atoms. The highest BCUT2D eigenvalue weighted by Gasteiger charge is 2.08. The Morgan fingerprint density at radius 2 is 1.73 bits per heavy atom. The molecule has 5 heteroatoms. The van der Waals surface area contributed by atoms with Crippen molar-refractivity contribution in [2.24, 2.45) is 0 Å². The number of aryl methyl sites for hydroxylation is 1. The number of hydrogen-bond donors (Lipinski definition) is 0. The van der Waals surface area contributed by atoms with E-state index in [1.807, 2.05) is 0 Å². The van der Waals surface area contributed by atoms with Crippen LogP contribution in [0.4, 0.5) is 4.39 Å². The van der Waals surface area contributed by atoms with E-state index < -0.39 is 9.84 Å². The maximum atomic E-state index is 13.2. The van der Waals surface area contributed by atoms with Gasteiger partial charge in [0.1, 0.15) is 5.82 Å². The first kappa shape index (κ1) is 16.1. The lowest BCUT2D eigenvalue weighted by Gasteiger charge is -2.00. The zero-order valence-electron chi connectivity index (χ0n) is 12.2. The van der Waals surface area contributed by atoms with Crippen LogP contribution in [-0.4, -0.2) is 20.5 Å². The molecule has 3 nitrogen and oxygen atoms in total. The van der Waals surface area contributed by atoms with E-state index >= 15 is 0 Å². The van der Waals surface area contributed by atoms with Gasteiger partial charge in [-0.15, -0.1) is 0 Å². The topological polar surface area (TPSA) is 51.2 Å². The van der Waals surface area contributed by atoms with Crippen molar-refractivity contribution in [1.29, 1.82) is 0 Å². The van der Waals surface area contributed by atoms with Crippen LogP contribution in [0.25, 0.3) is 6.08 Å². The van der Waals surface area contributed by atoms with E-state index in [2.05, 4.69) is 0 Å². The van der Waals surface area contributed by atoms with E-state index in [1.54, 1.807) is 25.1 Å². The molecule has 0 heterocycles. The van der Waals surface area contributed by atoms with Crippen LogP contribution in [0.1, 0.15) is 21.5 Å². The standard InChI is InChI=1S/C17H15FO3S/c1-12-11-13(3-9-16(12)18)4-10-17(19)14-5-7-15(8-6-14)22(2,20)21/h3-11H,1-2H3/b10-4+. The fourth-order valence-corrected chi connectivity index (χ4v) is 2.54. The van der Waals surface area contributed by atoms with Crippen LogP contribution >= 0.6 is 0 Å². The van der Waals surface area contributed by atoms with Crippen LogP contribution in [0.5, 0.6) is 0 Å². The van der Waals surface area contributed by atoms with E-state index in [1.165, 1.54) is 36.4 Å². The van der Waals surface area contributed by atoms with Gasteiger partial charge in [-0.2, -0.15) is 0 Å². The van der Waals surface area contributed by atoms with Crippen molar-refractivity contribution in [3.05, 3.63) is 71.0 Å². The molecule has 2 rings (SSSR count). The molecule has 22 heavy (non-hydrogen) atoms. The Morgan fingerprint density at radius 3 is 2.27 bits per heavy atom. The molecule has 114 valence electrons. The first-order valence-corrected chi connectivity index (χ1v) is 8.45. The van der Waals surface area contributed by atoms with Crippen LogP contribution in [0.3, 0.4) is 0 Å². The molecule has 0 fully saturated rings. The van der Waals surface area contributed by atoms with Gasteiger partial charge in [0.2, 0.25) is 0 Å². The lowest BCUT2D eigenvalue weighted by Crippen LogP contribution is -1.99. The SMILES string of the molecule is Cc1cc(/C=C/C(=O)c2ccc(S(C)(=O)=O)cc2)ccc1F. The highest BCUT2D eigenvalue weighted by Crippen LogP contribution is 2.13. The minimum atomic E-state index is -3.27. The Morgan fingerprint density at radius 1 is 1.09 bits per heavy atom. The molecule has 2 aromatic rings. The van der Waals surface area contributed by atoms with Gasteiger partial charge in [-0.3, -0.25) is 4.79 Å². The molecule has 0 saturated carbocycles. The summed E-state index contributed by atoms with van der Waals surface area (Å²) in [5.41, 5.74) is 1.62. The Labute approximate surface area is 129 Å². The van der Waals surface area contributed by atoms with Crippen molar-refractivity contribution in [2.75, 3.05) is 6.26 Å². The van der Waals surface area contributed by atoms with E-state index in [0.29, 0.717) is 11.1 Å². The second-order valence-corrected chi connectivity index (χ2v) is 7.02. The van der Waals surface area contributed by atoms with Gasteiger partial charge in [0, 0.05) is 11.8 Å². The average molecular weight is 318 g/mol. The number of rotatable bonds is 4. The molecular weight excluding hydrogens is 303 g/mol. The second kappa shape index (κ2) is 6.23. The molecular formula is C17H15FO3S. The van der Waals surface area contributed by atoms with E-state index in [-0.39, 0.29) is 16.5 Å². The summed E-state index contributed by atoms with van der Waals surface area (Å²) in [6.45, 7) is 1.65. The lowest BCUT2D eigenvalue weighted by atomic mass is 10.1. The molecule has 0 aromatic heterocycles. The van der Waals surface area contributed by atoms with E-state index in [9.17, 15) is 17.6 Å². The van der Waals surface area contributed by atoms with Crippen molar-refractivity contribution in [3.8, 4) is 0 Å². The molecule has 0 bridgehead atoms. The predicted octanol–water partition coefficient (Wildman–Crippen LogP) is 3.43. The summed E-state index contributed by atoms with van der Waals surface area (Å²) in [7, 11) is -3.27. The fourth-order valence-electron chi connectivity index (χ4n) is 1.91. The molecule has 0 aliphatic heterocycles. The Bertz CT molecular complexity index is 835. The average Bonchev–Trinajstić information content (AvgIpc) is 2.47. The second-order valence-electron chi connectivity index (χ2n) is 5.00. The quantitative estimate of drug-likeness (QED) is 0.641. The third kappa shape index (κ3) is 3.89. The normalized spacial score (nSPS) is 11.8. The van der Waals surface area contributed by atoms with Crippen molar-refractivity contribution in [1.82, 2.24) is 0 Å². The third-order valence-electron chi connectivity index (χ3n) is 3.18. The number of carbonyl (C=O) groups is 1. The van der Waals surface area contributed by atoms with Gasteiger partial charge < -0.3 is 0 Å². The number of hydrogen-bond acceptors (Lipinski definition) is 3. The smallest absolute Gasteiger partial charge is 0.185 e. The predicted molar refractivity (Wildman–Crippen MR) is 84.1 cm³/mol. The zero-order valence-corrected chi connectivity index (χ0v) is 13.0. The number of carbonyl (C=O) groups excluding carboxylic acids is 1. The molecule has 0 unspecified atom stereocenters. The number of benzene rings is 2. The highest BCUT2D eigenvalue weighted by molar-refractivity contribution is 7.90. The molecule has 0 amide bonds. The molecule has 0 N–H and O–H groups in total. The van der Waals surface area contributed by atoms with Crippen LogP contribution in [-0.2, 0) is 9.84 Å². The van der Waals surface area contributed by atoms with Crippen molar-refractivity contribution in [3.63, 3.8) is 0 Å². The van der Waals surface area contributed by atoms with Crippen molar-refractivity contribution >= 4 is 21.7 Å². The summed E-state index contributed by atoms with van der Waals surface area (Å²) in [6, 6.07) is 10.3. The maximum absolute atomic E-state index is 13.2. The Hall–Kier alpha value is -2.27. The maximum Gasteiger partial charge on any atom is 0.185 e. The monoisotopic (exact) mass is 318 g/mol. The summed E-state index contributed by atoms with van der Waals surface area (Å²) < 4.78 is 35.9. The van der Waals surface area contributed by atoms with Crippen LogP contribution in [0.15, 0.2) is 53.4 Å². The van der Waals surface area contributed by atoms with Crippen LogP contribution in [0, 0.1) is 12.7 Å². The van der Waals surface area contributed by atoms with Crippen molar-refractivity contribution < 1.29 is 17.6 Å². The zero-order chi connectivity index (χ0) is 16.3. The van der Waals surface area contributed by atoms with E-state index in [0.717, 1.165) is 11.8 Å². The number of sulfone groups is 1. The summed E-state index contributed by atoms with van der Waals surface area (Å²) in [4.78, 5) is 12.2. The molecule has 0 atom stereocenters. The van der Waals surface area contributed by atoms with Crippen LogP contribution in [0.2, 0.25) is 0 Å². The highest BCUT2D eigenvalue weighted by atomic mass is 32.2. The molecule has 0 aliphatic carbocycles. The Kier molecular flexibility index (Phi) is 4.56. The number of ketones is 1. The minimum Gasteiger partial charge on any atom is -0.289 e. The first-order chi connectivity index (χ1) is 10.3. The first-order valence-electron chi connectivity index (χ1n) is 6.56. The Balaban J connectivity index is 2.18. The minimum absolute atomic E-state index is 0.169. The molecule has 0 radical (unpaired) electrons. The molecule has 0 saturated heterocycles. The summed E-state index contributed by atoms with van der Waals surface area (Å²) >= 11 is 0. The molecule has 2 aromatic carbocycles. The lowest BCUT2D eigenvalue weighted by molar-refractivity contribution is 0.104. The summed E-state index contributed by atoms with van der Waals surface area (Å²) in [5.74, 6) is -0.540. The molecule has 0 aliphatic rings. The van der Waals surface area contributed by atoms with Crippen LogP contribution < -0.4 is 0 Å². The van der Waals surface area contributed by atoms with E-state index in [4.69, 9.17) is 0 Å². The van der Waals surface area contributed by atoms with Gasteiger partial charge in [0.25, 0.3) is 0 Å². The van der Waals surface area contributed by atoms with Gasteiger partial charge in [0.05, 0.1) is 4.90 Å². The van der Waals surface area contributed by atoms with Gasteiger partial charge in [-0.25, -0.2) is 12.8 Å². The van der Waals surface area contributed by atoms with Crippen molar-refractivity contribution in [2.45, 2.75) is 11.8 Å². The van der Waals surface area contributed by atoms with Gasteiger partial charge in [-0.1, -0.05) is 12.1 Å². The van der Waals surface area contributed by atoms with Gasteiger partial charge >= 0.3 is 0 Å². The van der Waals surface area contributed by atoms with Gasteiger partial charge in [0.15, 0.2) is 15.6 Å².